The Hall–Kier alpha value is -3.35. The lowest BCUT2D eigenvalue weighted by atomic mass is 10.2. The Kier molecular flexibility index (Phi) is 6.26. The normalized spacial score (nSPS) is 10.6. The third-order valence-corrected chi connectivity index (χ3v) is 4.22. The largest absolute Gasteiger partial charge is 0.492 e. The molecule has 0 radical (unpaired) electrons. The summed E-state index contributed by atoms with van der Waals surface area (Å²) in [7, 11) is 0. The zero-order valence-corrected chi connectivity index (χ0v) is 16.1. The van der Waals surface area contributed by atoms with E-state index >= 15 is 0 Å². The Morgan fingerprint density at radius 1 is 1.07 bits per heavy atom. The van der Waals surface area contributed by atoms with E-state index in [9.17, 15) is 9.59 Å². The minimum atomic E-state index is -0.400. The van der Waals surface area contributed by atoms with Crippen molar-refractivity contribution in [1.82, 2.24) is 14.7 Å². The number of anilines is 1. The molecule has 2 N–H and O–H groups in total. The summed E-state index contributed by atoms with van der Waals surface area (Å²) in [5.41, 5.74) is 1.31. The standard InChI is InChI=1S/C21H24N4O3/c1-3-5-13-22-21(27)19-24-18(16-11-8-9-14-25(16)19)20(26)23-15-10-6-7-12-17(15)28-4-2/h6-12,14H,3-5,13H2,1-2H3,(H,22,27)(H,23,26). The van der Waals surface area contributed by atoms with Crippen LogP contribution < -0.4 is 15.4 Å². The first kappa shape index (κ1) is 19.4. The zero-order chi connectivity index (χ0) is 19.9. The van der Waals surface area contributed by atoms with E-state index < -0.39 is 5.91 Å². The minimum absolute atomic E-state index is 0.188. The van der Waals surface area contributed by atoms with Gasteiger partial charge >= 0.3 is 0 Å². The van der Waals surface area contributed by atoms with Crippen LogP contribution in [0.15, 0.2) is 48.7 Å². The number of carbonyl (C=O) groups excluding carboxylic acids is 2. The molecule has 0 saturated heterocycles. The summed E-state index contributed by atoms with van der Waals surface area (Å²) >= 11 is 0. The molecule has 146 valence electrons. The van der Waals surface area contributed by atoms with Crippen LogP contribution in [0.5, 0.6) is 5.75 Å². The lowest BCUT2D eigenvalue weighted by Crippen LogP contribution is -2.26. The van der Waals surface area contributed by atoms with Crippen molar-refractivity contribution in [2.45, 2.75) is 26.7 Å². The van der Waals surface area contributed by atoms with Crippen LogP contribution in [-0.4, -0.2) is 34.4 Å². The Labute approximate surface area is 163 Å². The van der Waals surface area contributed by atoms with E-state index in [1.807, 2.05) is 19.1 Å². The molecular formula is C21H24N4O3. The first-order valence-electron chi connectivity index (χ1n) is 9.44. The van der Waals surface area contributed by atoms with Crippen LogP contribution in [0.2, 0.25) is 0 Å². The average Bonchev–Trinajstić information content (AvgIpc) is 3.10. The van der Waals surface area contributed by atoms with Crippen LogP contribution in [0.25, 0.3) is 5.52 Å². The quantitative estimate of drug-likeness (QED) is 0.586. The summed E-state index contributed by atoms with van der Waals surface area (Å²) in [5, 5.41) is 5.68. The molecule has 0 aliphatic rings. The van der Waals surface area contributed by atoms with Gasteiger partial charge in [0, 0.05) is 12.7 Å². The van der Waals surface area contributed by atoms with Gasteiger partial charge < -0.3 is 15.4 Å². The third-order valence-electron chi connectivity index (χ3n) is 4.22. The van der Waals surface area contributed by atoms with Crippen molar-refractivity contribution in [2.24, 2.45) is 0 Å². The molecule has 28 heavy (non-hydrogen) atoms. The van der Waals surface area contributed by atoms with Gasteiger partial charge in [-0.3, -0.25) is 14.0 Å². The maximum absolute atomic E-state index is 12.9. The van der Waals surface area contributed by atoms with Gasteiger partial charge in [-0.25, -0.2) is 4.98 Å². The van der Waals surface area contributed by atoms with Crippen LogP contribution in [0.3, 0.4) is 0 Å². The fourth-order valence-corrected chi connectivity index (χ4v) is 2.86. The van der Waals surface area contributed by atoms with Crippen LogP contribution in [0.4, 0.5) is 5.69 Å². The number of amides is 2. The number of fused-ring (bicyclic) bond motifs is 1. The van der Waals surface area contributed by atoms with Crippen LogP contribution in [0, 0.1) is 0 Å². The molecule has 0 saturated carbocycles. The molecule has 0 atom stereocenters. The number of aromatic nitrogens is 2. The predicted molar refractivity (Wildman–Crippen MR) is 108 cm³/mol. The second-order valence-electron chi connectivity index (χ2n) is 6.23. The highest BCUT2D eigenvalue weighted by Crippen LogP contribution is 2.25. The summed E-state index contributed by atoms with van der Waals surface area (Å²) in [4.78, 5) is 29.8. The van der Waals surface area contributed by atoms with E-state index in [4.69, 9.17) is 4.74 Å². The number of carbonyl (C=O) groups is 2. The lowest BCUT2D eigenvalue weighted by molar-refractivity contribution is 0.0942. The Morgan fingerprint density at radius 3 is 2.64 bits per heavy atom. The molecule has 7 nitrogen and oxygen atoms in total. The summed E-state index contributed by atoms with van der Waals surface area (Å²) < 4.78 is 7.18. The highest BCUT2D eigenvalue weighted by molar-refractivity contribution is 6.09. The molecule has 0 aliphatic heterocycles. The zero-order valence-electron chi connectivity index (χ0n) is 16.1. The smallest absolute Gasteiger partial charge is 0.287 e. The molecule has 0 fully saturated rings. The van der Waals surface area contributed by atoms with Crippen LogP contribution >= 0.6 is 0 Å². The van der Waals surface area contributed by atoms with Crippen molar-refractivity contribution in [3.8, 4) is 5.75 Å². The van der Waals surface area contributed by atoms with Crippen molar-refractivity contribution >= 4 is 23.0 Å². The number of nitrogens with zero attached hydrogens (tertiary/aromatic N) is 2. The number of hydrogen-bond acceptors (Lipinski definition) is 4. The molecule has 0 aliphatic carbocycles. The highest BCUT2D eigenvalue weighted by Gasteiger charge is 2.22. The van der Waals surface area contributed by atoms with Crippen molar-refractivity contribution < 1.29 is 14.3 Å². The van der Waals surface area contributed by atoms with Gasteiger partial charge in [-0.05, 0) is 37.6 Å². The number of hydrogen-bond donors (Lipinski definition) is 2. The number of rotatable bonds is 8. The van der Waals surface area contributed by atoms with Crippen LogP contribution in [-0.2, 0) is 0 Å². The van der Waals surface area contributed by atoms with E-state index in [0.717, 1.165) is 12.8 Å². The Balaban J connectivity index is 1.91. The predicted octanol–water partition coefficient (Wildman–Crippen LogP) is 3.52. The minimum Gasteiger partial charge on any atom is -0.492 e. The molecule has 0 bridgehead atoms. The van der Waals surface area contributed by atoms with E-state index in [1.165, 1.54) is 0 Å². The molecule has 3 aromatic rings. The SMILES string of the molecule is CCCCNC(=O)c1nc(C(=O)Nc2ccccc2OCC)c2ccccn12. The van der Waals surface area contributed by atoms with Gasteiger partial charge in [0.2, 0.25) is 5.82 Å². The van der Waals surface area contributed by atoms with Gasteiger partial charge in [-0.15, -0.1) is 0 Å². The van der Waals surface area contributed by atoms with E-state index in [0.29, 0.717) is 30.1 Å². The van der Waals surface area contributed by atoms with Gasteiger partial charge in [0.15, 0.2) is 5.69 Å². The fourth-order valence-electron chi connectivity index (χ4n) is 2.86. The van der Waals surface area contributed by atoms with Gasteiger partial charge in [0.05, 0.1) is 17.8 Å². The number of para-hydroxylation sites is 2. The monoisotopic (exact) mass is 380 g/mol. The number of unbranched alkanes of at least 4 members (excludes halogenated alkanes) is 1. The van der Waals surface area contributed by atoms with Crippen molar-refractivity contribution in [3.63, 3.8) is 0 Å². The highest BCUT2D eigenvalue weighted by atomic mass is 16.5. The van der Waals surface area contributed by atoms with Crippen molar-refractivity contribution in [3.05, 3.63) is 60.2 Å². The second-order valence-corrected chi connectivity index (χ2v) is 6.23. The Morgan fingerprint density at radius 2 is 1.86 bits per heavy atom. The fraction of sp³-hybridized carbons (Fsp3) is 0.286. The van der Waals surface area contributed by atoms with Crippen molar-refractivity contribution in [1.29, 1.82) is 0 Å². The van der Waals surface area contributed by atoms with Crippen LogP contribution in [0.1, 0.15) is 47.8 Å². The average molecular weight is 380 g/mol. The first-order valence-corrected chi connectivity index (χ1v) is 9.44. The van der Waals surface area contributed by atoms with Gasteiger partial charge in [0.1, 0.15) is 5.75 Å². The maximum atomic E-state index is 12.9. The van der Waals surface area contributed by atoms with E-state index in [1.54, 1.807) is 40.9 Å². The summed E-state index contributed by atoms with van der Waals surface area (Å²) in [6.45, 7) is 4.99. The molecule has 3 rings (SSSR count). The molecule has 2 aromatic heterocycles. The van der Waals surface area contributed by atoms with Gasteiger partial charge in [0.25, 0.3) is 11.8 Å². The second kappa shape index (κ2) is 9.03. The number of pyridine rings is 1. The van der Waals surface area contributed by atoms with Gasteiger partial charge in [-0.1, -0.05) is 31.5 Å². The van der Waals surface area contributed by atoms with Crippen molar-refractivity contribution in [2.75, 3.05) is 18.5 Å². The first-order chi connectivity index (χ1) is 13.7. The maximum Gasteiger partial charge on any atom is 0.287 e. The molecule has 0 unspecified atom stereocenters. The molecule has 0 spiro atoms. The van der Waals surface area contributed by atoms with E-state index in [-0.39, 0.29) is 17.4 Å². The summed E-state index contributed by atoms with van der Waals surface area (Å²) in [6.07, 6.45) is 3.59. The summed E-state index contributed by atoms with van der Waals surface area (Å²) in [5.74, 6) is 0.0706. The number of ether oxygens (including phenoxy) is 1. The van der Waals surface area contributed by atoms with Gasteiger partial charge in [-0.2, -0.15) is 0 Å². The number of benzene rings is 1. The molecule has 7 heteroatoms. The molecule has 2 heterocycles. The van der Waals surface area contributed by atoms with E-state index in [2.05, 4.69) is 22.5 Å². The molecule has 2 amide bonds. The summed E-state index contributed by atoms with van der Waals surface area (Å²) in [6, 6.07) is 12.6. The number of nitrogens with one attached hydrogen (secondary N) is 2. The molecule has 1 aromatic carbocycles. The molecular weight excluding hydrogens is 356 g/mol. The lowest BCUT2D eigenvalue weighted by Gasteiger charge is -2.10. The third kappa shape index (κ3) is 4.14. The number of imidazole rings is 1. The Bertz CT molecular complexity index is 981. The topological polar surface area (TPSA) is 84.7 Å².